The second-order valence-corrected chi connectivity index (χ2v) is 2.96. The first-order valence-electron chi connectivity index (χ1n) is 4.89. The number of ether oxygens (including phenoxy) is 1. The predicted molar refractivity (Wildman–Crippen MR) is 51.4 cm³/mol. The van der Waals surface area contributed by atoms with Gasteiger partial charge in [-0.05, 0) is 6.92 Å². The minimum atomic E-state index is 0.546. The molecular weight excluding hydrogens is 178 g/mol. The van der Waals surface area contributed by atoms with Crippen LogP contribution < -0.4 is 4.57 Å². The van der Waals surface area contributed by atoms with Crippen LogP contribution in [0, 0.1) is 11.3 Å². The van der Waals surface area contributed by atoms with Crippen LogP contribution in [0.15, 0.2) is 12.4 Å². The van der Waals surface area contributed by atoms with Gasteiger partial charge in [-0.2, -0.15) is 5.26 Å². The molecule has 0 aliphatic rings. The molecule has 76 valence electrons. The molecule has 1 N–H and O–H groups in total. The van der Waals surface area contributed by atoms with Gasteiger partial charge < -0.3 is 4.74 Å². The van der Waals surface area contributed by atoms with E-state index < -0.39 is 0 Å². The van der Waals surface area contributed by atoms with Gasteiger partial charge in [0.15, 0.2) is 0 Å². The zero-order valence-electron chi connectivity index (χ0n) is 8.49. The fourth-order valence-corrected chi connectivity index (χ4v) is 1.31. The molecule has 0 bridgehead atoms. The molecule has 0 spiro atoms. The minimum absolute atomic E-state index is 0.546. The van der Waals surface area contributed by atoms with Gasteiger partial charge in [-0.15, -0.1) is 0 Å². The Bertz CT molecular complexity index is 301. The van der Waals surface area contributed by atoms with E-state index in [9.17, 15) is 0 Å². The summed E-state index contributed by atoms with van der Waals surface area (Å²) in [5.41, 5.74) is 0. The molecule has 1 aromatic rings. The van der Waals surface area contributed by atoms with Crippen molar-refractivity contribution in [1.29, 1.82) is 5.26 Å². The van der Waals surface area contributed by atoms with Crippen molar-refractivity contribution in [1.82, 2.24) is 4.98 Å². The third-order valence-electron chi connectivity index (χ3n) is 2.00. The summed E-state index contributed by atoms with van der Waals surface area (Å²) in [5.74, 6) is 1.12. The fraction of sp³-hybridized carbons (Fsp3) is 0.600. The first-order chi connectivity index (χ1) is 6.88. The quantitative estimate of drug-likeness (QED) is 0.538. The zero-order valence-corrected chi connectivity index (χ0v) is 8.49. The lowest BCUT2D eigenvalue weighted by atomic mass is 10.4. The van der Waals surface area contributed by atoms with Gasteiger partial charge in [0, 0.05) is 6.61 Å². The predicted octanol–water partition coefficient (Wildman–Crippen LogP) is 0.795. The molecule has 14 heavy (non-hydrogen) atoms. The summed E-state index contributed by atoms with van der Waals surface area (Å²) < 4.78 is 7.33. The monoisotopic (exact) mass is 194 g/mol. The third kappa shape index (κ3) is 3.19. The maximum atomic E-state index is 8.47. The lowest BCUT2D eigenvalue weighted by molar-refractivity contribution is -0.702. The third-order valence-corrected chi connectivity index (χ3v) is 2.00. The van der Waals surface area contributed by atoms with Crippen LogP contribution in [-0.4, -0.2) is 18.2 Å². The van der Waals surface area contributed by atoms with E-state index in [-0.39, 0.29) is 0 Å². The Kier molecular flexibility index (Phi) is 4.73. The zero-order chi connectivity index (χ0) is 10.2. The lowest BCUT2D eigenvalue weighted by Gasteiger charge is -1.99. The summed E-state index contributed by atoms with van der Waals surface area (Å²) in [4.78, 5) is 3.15. The molecule has 0 aliphatic carbocycles. The summed E-state index contributed by atoms with van der Waals surface area (Å²) in [6.45, 7) is 4.21. The Morgan fingerprint density at radius 3 is 3.21 bits per heavy atom. The average molecular weight is 194 g/mol. The maximum Gasteiger partial charge on any atom is 0.256 e. The van der Waals surface area contributed by atoms with Gasteiger partial charge in [-0.25, -0.2) is 9.55 Å². The molecule has 0 atom stereocenters. The number of hydrogen-bond donors (Lipinski definition) is 1. The van der Waals surface area contributed by atoms with E-state index >= 15 is 0 Å². The van der Waals surface area contributed by atoms with Crippen molar-refractivity contribution >= 4 is 0 Å². The molecule has 0 unspecified atom stereocenters. The second-order valence-electron chi connectivity index (χ2n) is 2.96. The Morgan fingerprint density at radius 2 is 2.50 bits per heavy atom. The highest BCUT2D eigenvalue weighted by atomic mass is 16.5. The first-order valence-corrected chi connectivity index (χ1v) is 4.89. The number of nitrogens with one attached hydrogen (secondary N) is 1. The normalized spacial score (nSPS) is 10.0. The summed E-state index contributed by atoms with van der Waals surface area (Å²) >= 11 is 0. The van der Waals surface area contributed by atoms with E-state index in [1.807, 2.05) is 19.3 Å². The van der Waals surface area contributed by atoms with Crippen molar-refractivity contribution in [2.75, 3.05) is 13.2 Å². The van der Waals surface area contributed by atoms with Crippen molar-refractivity contribution in [3.63, 3.8) is 0 Å². The number of rotatable bonds is 6. The second kappa shape index (κ2) is 6.17. The standard InChI is InChI=1S/C10H15N3O/c1-2-14-9-4-10-12-6-8-13(10)7-3-5-11/h6,8H,2-4,7,9H2,1H3/p+1. The number of nitrogens with zero attached hydrogens (tertiary/aromatic N) is 2. The van der Waals surface area contributed by atoms with Gasteiger partial charge in [-0.3, -0.25) is 0 Å². The van der Waals surface area contributed by atoms with Crippen LogP contribution in [0.3, 0.4) is 0 Å². The van der Waals surface area contributed by atoms with Crippen molar-refractivity contribution in [3.05, 3.63) is 18.2 Å². The molecule has 0 saturated carbocycles. The minimum Gasteiger partial charge on any atom is -0.381 e. The Balaban J connectivity index is 2.42. The Labute approximate surface area is 84.1 Å². The number of hydrogen-bond acceptors (Lipinski definition) is 2. The topological polar surface area (TPSA) is 52.7 Å². The SMILES string of the molecule is CCOCCc1[nH]cc[n+]1CCC#N. The van der Waals surface area contributed by atoms with Crippen LogP contribution in [0.4, 0.5) is 0 Å². The fourth-order valence-electron chi connectivity index (χ4n) is 1.31. The van der Waals surface area contributed by atoms with E-state index in [0.29, 0.717) is 6.42 Å². The summed E-state index contributed by atoms with van der Waals surface area (Å²) in [6, 6.07) is 2.13. The molecule has 1 aromatic heterocycles. The number of nitriles is 1. The molecule has 0 amide bonds. The largest absolute Gasteiger partial charge is 0.381 e. The molecule has 4 heteroatoms. The van der Waals surface area contributed by atoms with E-state index in [0.717, 1.165) is 32.0 Å². The van der Waals surface area contributed by atoms with Crippen molar-refractivity contribution in [2.24, 2.45) is 0 Å². The average Bonchev–Trinajstić information content (AvgIpc) is 2.63. The first kappa shape index (κ1) is 10.7. The number of imidazole rings is 1. The van der Waals surface area contributed by atoms with Crippen LogP contribution in [0.25, 0.3) is 0 Å². The Morgan fingerprint density at radius 1 is 1.64 bits per heavy atom. The molecule has 0 aromatic carbocycles. The number of aromatic amines is 1. The van der Waals surface area contributed by atoms with E-state index in [1.54, 1.807) is 0 Å². The summed E-state index contributed by atoms with van der Waals surface area (Å²) in [7, 11) is 0. The molecule has 1 rings (SSSR count). The van der Waals surface area contributed by atoms with Gasteiger partial charge in [0.2, 0.25) is 0 Å². The van der Waals surface area contributed by atoms with Crippen molar-refractivity contribution in [2.45, 2.75) is 26.3 Å². The van der Waals surface area contributed by atoms with Crippen molar-refractivity contribution < 1.29 is 9.30 Å². The van der Waals surface area contributed by atoms with Crippen LogP contribution >= 0.6 is 0 Å². The highest BCUT2D eigenvalue weighted by Gasteiger charge is 2.08. The number of H-pyrrole nitrogens is 1. The molecule has 0 fully saturated rings. The summed E-state index contributed by atoms with van der Waals surface area (Å²) in [5, 5.41) is 8.47. The van der Waals surface area contributed by atoms with E-state index in [2.05, 4.69) is 15.6 Å². The summed E-state index contributed by atoms with van der Waals surface area (Å²) in [6.07, 6.45) is 5.26. The van der Waals surface area contributed by atoms with E-state index in [1.165, 1.54) is 0 Å². The molecular formula is C10H16N3O+. The highest BCUT2D eigenvalue weighted by Crippen LogP contribution is 1.91. The van der Waals surface area contributed by atoms with Gasteiger partial charge in [0.25, 0.3) is 5.82 Å². The molecule has 0 saturated heterocycles. The molecule has 0 radical (unpaired) electrons. The van der Waals surface area contributed by atoms with Gasteiger partial charge in [-0.1, -0.05) is 0 Å². The van der Waals surface area contributed by atoms with Gasteiger partial charge in [0.05, 0.1) is 25.5 Å². The molecule has 1 heterocycles. The van der Waals surface area contributed by atoms with Crippen LogP contribution in [0.1, 0.15) is 19.2 Å². The van der Waals surface area contributed by atoms with E-state index in [4.69, 9.17) is 10.00 Å². The lowest BCUT2D eigenvalue weighted by Crippen LogP contribution is -2.36. The maximum absolute atomic E-state index is 8.47. The number of aromatic nitrogens is 2. The molecule has 4 nitrogen and oxygen atoms in total. The van der Waals surface area contributed by atoms with Crippen LogP contribution in [0.2, 0.25) is 0 Å². The molecule has 0 aliphatic heterocycles. The highest BCUT2D eigenvalue weighted by molar-refractivity contribution is 4.78. The smallest absolute Gasteiger partial charge is 0.256 e. The Hall–Kier alpha value is -1.34. The van der Waals surface area contributed by atoms with Crippen LogP contribution in [0.5, 0.6) is 0 Å². The van der Waals surface area contributed by atoms with Gasteiger partial charge >= 0.3 is 0 Å². The van der Waals surface area contributed by atoms with Gasteiger partial charge in [0.1, 0.15) is 18.9 Å². The van der Waals surface area contributed by atoms with Crippen LogP contribution in [-0.2, 0) is 17.7 Å². The number of aryl methyl sites for hydroxylation is 1. The van der Waals surface area contributed by atoms with Crippen molar-refractivity contribution in [3.8, 4) is 6.07 Å².